The quantitative estimate of drug-likeness (QED) is 0.223. The third kappa shape index (κ3) is 4.97. The Kier molecular flexibility index (Phi) is 6.94. The third-order valence-electron chi connectivity index (χ3n) is 4.24. The summed E-state index contributed by atoms with van der Waals surface area (Å²) in [6.45, 7) is 0. The Morgan fingerprint density at radius 3 is 2.06 bits per heavy atom. The van der Waals surface area contributed by atoms with E-state index in [2.05, 4.69) is 5.32 Å². The van der Waals surface area contributed by atoms with Crippen molar-refractivity contribution < 1.29 is 41.2 Å². The van der Waals surface area contributed by atoms with Gasteiger partial charge >= 0.3 is 7.12 Å². The van der Waals surface area contributed by atoms with Crippen LogP contribution in [0.4, 0.5) is 34.6 Å². The van der Waals surface area contributed by atoms with E-state index >= 15 is 0 Å². The van der Waals surface area contributed by atoms with E-state index in [-0.39, 0.29) is 16.7 Å². The first-order valence-corrected chi connectivity index (χ1v) is 9.72. The summed E-state index contributed by atoms with van der Waals surface area (Å²) >= 11 is -3.06. The van der Waals surface area contributed by atoms with Gasteiger partial charge in [-0.1, -0.05) is 12.1 Å². The third-order valence-corrected chi connectivity index (χ3v) is 4.95. The second-order valence-corrected chi connectivity index (χ2v) is 7.15. The molecule has 0 aliphatic carbocycles. The van der Waals surface area contributed by atoms with Crippen molar-refractivity contribution in [3.63, 3.8) is 0 Å². The molecule has 0 heterocycles. The first kappa shape index (κ1) is 23.4. The average Bonchev–Trinajstić information content (AvgIpc) is 2.73. The van der Waals surface area contributed by atoms with Gasteiger partial charge in [0.05, 0.1) is 22.6 Å². The van der Waals surface area contributed by atoms with Crippen LogP contribution in [0.3, 0.4) is 0 Å². The summed E-state index contributed by atoms with van der Waals surface area (Å²) in [4.78, 5) is 12.4. The van der Waals surface area contributed by atoms with E-state index in [4.69, 9.17) is 10.0 Å². The van der Waals surface area contributed by atoms with E-state index in [1.54, 1.807) is 0 Å². The number of halogens is 4. The highest BCUT2D eigenvalue weighted by Crippen LogP contribution is 2.30. The van der Waals surface area contributed by atoms with Crippen LogP contribution < -0.4 is 15.1 Å². The van der Waals surface area contributed by atoms with Gasteiger partial charge in [-0.05, 0) is 35.8 Å². The second-order valence-electron chi connectivity index (χ2n) is 6.35. The summed E-state index contributed by atoms with van der Waals surface area (Å²) in [5.41, 5.74) is -1.27. The summed E-state index contributed by atoms with van der Waals surface area (Å²) < 4.78 is 78.3. The molecule has 7 nitrogen and oxygen atoms in total. The van der Waals surface area contributed by atoms with Gasteiger partial charge in [-0.25, -0.2) is 17.6 Å². The maximum atomic E-state index is 14.4. The molecule has 166 valence electrons. The van der Waals surface area contributed by atoms with Crippen molar-refractivity contribution in [1.29, 1.82) is 0 Å². The van der Waals surface area contributed by atoms with Crippen LogP contribution in [0.2, 0.25) is 0 Å². The Labute approximate surface area is 181 Å². The van der Waals surface area contributed by atoms with E-state index in [1.165, 1.54) is 24.3 Å². The molecule has 3 aromatic carbocycles. The lowest BCUT2D eigenvalue weighted by Crippen LogP contribution is -2.30. The summed E-state index contributed by atoms with van der Waals surface area (Å²) in [6.07, 6.45) is 0. The molecule has 0 saturated carbocycles. The van der Waals surface area contributed by atoms with Gasteiger partial charge in [0.15, 0.2) is 17.5 Å². The monoisotopic (exact) mass is 467 g/mol. The topological polar surface area (TPSA) is 113 Å². The van der Waals surface area contributed by atoms with Gasteiger partial charge < -0.3 is 19.9 Å². The lowest BCUT2D eigenvalue weighted by atomic mass is 9.80. The zero-order valence-corrected chi connectivity index (χ0v) is 16.6. The molecule has 0 fully saturated rings. The maximum Gasteiger partial charge on any atom is 0.488 e. The molecule has 0 radical (unpaired) electrons. The first-order valence-electron chi connectivity index (χ1n) is 8.69. The van der Waals surface area contributed by atoms with Gasteiger partial charge in [0.2, 0.25) is 0 Å². The predicted molar refractivity (Wildman–Crippen MR) is 108 cm³/mol. The molecular formula is C19H12BF4N2O5S-. The van der Waals surface area contributed by atoms with Gasteiger partial charge in [0.1, 0.15) is 5.82 Å². The summed E-state index contributed by atoms with van der Waals surface area (Å²) in [7, 11) is -1.81. The zero-order chi connectivity index (χ0) is 23.6. The van der Waals surface area contributed by atoms with Crippen LogP contribution in [0.1, 0.15) is 10.4 Å². The number of carbonyl (C=O) groups is 1. The van der Waals surface area contributed by atoms with Crippen LogP contribution in [-0.4, -0.2) is 31.8 Å². The number of nitrogens with zero attached hydrogens (tertiary/aromatic N) is 1. The molecule has 0 aliphatic rings. The fourth-order valence-electron chi connectivity index (χ4n) is 2.73. The Balaban J connectivity index is 1.95. The van der Waals surface area contributed by atoms with Crippen molar-refractivity contribution in [1.82, 2.24) is 0 Å². The molecule has 32 heavy (non-hydrogen) atoms. The number of carbonyl (C=O) groups excluding carboxylic acids is 1. The van der Waals surface area contributed by atoms with E-state index in [9.17, 15) is 31.1 Å². The molecule has 0 aliphatic heterocycles. The molecule has 1 unspecified atom stereocenters. The SMILES string of the molecule is O=C(Nc1cc(F)c(F)c(F)c1)c1ccc(F)c(N(c2ccc(B(O)O)cc2)S(=O)[O-])c1. The highest BCUT2D eigenvalue weighted by atomic mass is 32.2. The molecule has 0 aromatic heterocycles. The van der Waals surface area contributed by atoms with Crippen molar-refractivity contribution in [2.45, 2.75) is 0 Å². The van der Waals surface area contributed by atoms with Crippen LogP contribution >= 0.6 is 0 Å². The van der Waals surface area contributed by atoms with Crippen LogP contribution in [0.25, 0.3) is 0 Å². The molecule has 1 atom stereocenters. The van der Waals surface area contributed by atoms with E-state index in [0.717, 1.165) is 18.2 Å². The Hall–Kier alpha value is -3.26. The van der Waals surface area contributed by atoms with E-state index < -0.39 is 58.9 Å². The maximum absolute atomic E-state index is 14.4. The fourth-order valence-corrected chi connectivity index (χ4v) is 3.32. The van der Waals surface area contributed by atoms with Crippen molar-refractivity contribution >= 4 is 46.8 Å². The predicted octanol–water partition coefficient (Wildman–Crippen LogP) is 2.11. The lowest BCUT2D eigenvalue weighted by Gasteiger charge is -2.27. The zero-order valence-electron chi connectivity index (χ0n) is 15.8. The van der Waals surface area contributed by atoms with Crippen LogP contribution in [0.15, 0.2) is 54.6 Å². The number of amides is 1. The Morgan fingerprint density at radius 1 is 0.938 bits per heavy atom. The Morgan fingerprint density at radius 2 is 1.53 bits per heavy atom. The number of hydrogen-bond donors (Lipinski definition) is 3. The number of hydrogen-bond acceptors (Lipinski definition) is 5. The van der Waals surface area contributed by atoms with Crippen LogP contribution in [-0.2, 0) is 11.3 Å². The molecule has 1 amide bonds. The standard InChI is InChI=1S/C19H13BF4N2O5S/c21-14-6-1-10(19(27)25-12-8-15(22)18(24)16(23)9-12)7-17(14)26(32(30)31)13-4-2-11(3-5-13)20(28)29/h1-9,28-29H,(H,25,27)(H,30,31)/p-1. The van der Waals surface area contributed by atoms with Gasteiger partial charge in [-0.2, -0.15) is 0 Å². The second kappa shape index (κ2) is 9.48. The minimum atomic E-state index is -3.06. The lowest BCUT2D eigenvalue weighted by molar-refractivity contribution is 0.102. The largest absolute Gasteiger partial charge is 0.755 e. The molecule has 3 aromatic rings. The van der Waals surface area contributed by atoms with E-state index in [0.29, 0.717) is 16.4 Å². The molecule has 0 saturated heterocycles. The minimum absolute atomic E-state index is 0.0535. The highest BCUT2D eigenvalue weighted by Gasteiger charge is 2.20. The number of rotatable bonds is 6. The molecule has 0 bridgehead atoms. The minimum Gasteiger partial charge on any atom is -0.755 e. The molecule has 0 spiro atoms. The van der Waals surface area contributed by atoms with Crippen molar-refractivity contribution in [3.8, 4) is 0 Å². The number of nitrogens with one attached hydrogen (secondary N) is 1. The van der Waals surface area contributed by atoms with E-state index in [1.807, 2.05) is 0 Å². The van der Waals surface area contributed by atoms with Gasteiger partial charge in [0, 0.05) is 23.4 Å². The van der Waals surface area contributed by atoms with Gasteiger partial charge in [-0.15, -0.1) is 0 Å². The van der Waals surface area contributed by atoms with Crippen molar-refractivity contribution in [2.24, 2.45) is 0 Å². The summed E-state index contributed by atoms with van der Waals surface area (Å²) in [5.74, 6) is -6.79. The average molecular weight is 467 g/mol. The number of benzene rings is 3. The van der Waals surface area contributed by atoms with Crippen molar-refractivity contribution in [2.75, 3.05) is 9.62 Å². The van der Waals surface area contributed by atoms with Gasteiger partial charge in [-0.3, -0.25) is 13.3 Å². The molecular weight excluding hydrogens is 455 g/mol. The molecule has 3 N–H and O–H groups in total. The smallest absolute Gasteiger partial charge is 0.488 e. The molecule has 13 heteroatoms. The van der Waals surface area contributed by atoms with Crippen LogP contribution in [0, 0.1) is 23.3 Å². The fraction of sp³-hybridized carbons (Fsp3) is 0. The Bertz CT molecular complexity index is 1170. The molecule has 3 rings (SSSR count). The highest BCUT2D eigenvalue weighted by molar-refractivity contribution is 7.81. The van der Waals surface area contributed by atoms with Crippen molar-refractivity contribution in [3.05, 3.63) is 83.4 Å². The van der Waals surface area contributed by atoms with Crippen LogP contribution in [0.5, 0.6) is 0 Å². The number of anilines is 3. The summed E-state index contributed by atoms with van der Waals surface area (Å²) in [5, 5.41) is 20.4. The summed E-state index contributed by atoms with van der Waals surface area (Å²) in [6, 6.07) is 8.53. The normalized spacial score (nSPS) is 11.7. The van der Waals surface area contributed by atoms with Gasteiger partial charge in [0.25, 0.3) is 5.91 Å². The first-order chi connectivity index (χ1) is 15.1.